The monoisotopic (exact) mass is 400 g/mol. The SMILES string of the molecule is CCN(CC)C(=O)C(=Cc1cccc(Br)c1)NC(=O)c1ccccc1. The number of rotatable bonds is 6. The van der Waals surface area contributed by atoms with E-state index in [1.165, 1.54) is 0 Å². The second-order valence-corrected chi connectivity index (χ2v) is 6.33. The summed E-state index contributed by atoms with van der Waals surface area (Å²) in [6.45, 7) is 4.98. The molecule has 2 aromatic rings. The first-order chi connectivity index (χ1) is 12.0. The van der Waals surface area contributed by atoms with Crippen molar-refractivity contribution in [2.45, 2.75) is 13.8 Å². The molecule has 5 heteroatoms. The van der Waals surface area contributed by atoms with Gasteiger partial charge in [-0.05, 0) is 49.8 Å². The third-order valence-corrected chi connectivity index (χ3v) is 4.22. The quantitative estimate of drug-likeness (QED) is 0.742. The minimum Gasteiger partial charge on any atom is -0.338 e. The zero-order chi connectivity index (χ0) is 18.2. The number of hydrogen-bond donors (Lipinski definition) is 1. The Balaban J connectivity index is 2.35. The standard InChI is InChI=1S/C20H21BrN2O2/c1-3-23(4-2)20(25)18(14-15-9-8-12-17(21)13-15)22-19(24)16-10-6-5-7-11-16/h5-14H,3-4H2,1-2H3,(H,22,24). The first-order valence-corrected chi connectivity index (χ1v) is 8.97. The number of hydrogen-bond acceptors (Lipinski definition) is 2. The molecule has 0 saturated heterocycles. The summed E-state index contributed by atoms with van der Waals surface area (Å²) in [5.41, 5.74) is 1.60. The van der Waals surface area contributed by atoms with Gasteiger partial charge in [0.1, 0.15) is 5.70 Å². The van der Waals surface area contributed by atoms with E-state index < -0.39 is 0 Å². The molecule has 25 heavy (non-hydrogen) atoms. The zero-order valence-electron chi connectivity index (χ0n) is 14.3. The molecule has 2 aromatic carbocycles. The van der Waals surface area contributed by atoms with E-state index in [0.717, 1.165) is 10.0 Å². The Kier molecular flexibility index (Phi) is 6.95. The summed E-state index contributed by atoms with van der Waals surface area (Å²) in [5.74, 6) is -0.503. The number of halogens is 1. The van der Waals surface area contributed by atoms with Gasteiger partial charge in [0.25, 0.3) is 11.8 Å². The summed E-state index contributed by atoms with van der Waals surface area (Å²) in [5, 5.41) is 2.77. The highest BCUT2D eigenvalue weighted by Crippen LogP contribution is 2.15. The molecule has 0 spiro atoms. The van der Waals surface area contributed by atoms with Gasteiger partial charge in [-0.2, -0.15) is 0 Å². The molecule has 0 radical (unpaired) electrons. The van der Waals surface area contributed by atoms with Gasteiger partial charge >= 0.3 is 0 Å². The highest BCUT2D eigenvalue weighted by atomic mass is 79.9. The summed E-state index contributed by atoms with van der Waals surface area (Å²) in [4.78, 5) is 27.0. The first kappa shape index (κ1) is 18.9. The molecule has 1 N–H and O–H groups in total. The van der Waals surface area contributed by atoms with Crippen molar-refractivity contribution in [3.05, 3.63) is 75.9 Å². The van der Waals surface area contributed by atoms with E-state index in [0.29, 0.717) is 18.7 Å². The van der Waals surface area contributed by atoms with Crippen molar-refractivity contribution in [1.82, 2.24) is 10.2 Å². The topological polar surface area (TPSA) is 49.4 Å². The van der Waals surface area contributed by atoms with Gasteiger partial charge in [-0.3, -0.25) is 9.59 Å². The lowest BCUT2D eigenvalue weighted by Gasteiger charge is -2.21. The van der Waals surface area contributed by atoms with Gasteiger partial charge < -0.3 is 10.2 Å². The van der Waals surface area contributed by atoms with Crippen molar-refractivity contribution in [2.75, 3.05) is 13.1 Å². The predicted octanol–water partition coefficient (Wildman–Crippen LogP) is 4.09. The third kappa shape index (κ3) is 5.29. The molecule has 0 unspecified atom stereocenters. The van der Waals surface area contributed by atoms with Crippen LogP contribution in [0.3, 0.4) is 0 Å². The van der Waals surface area contributed by atoms with Crippen molar-refractivity contribution in [3.8, 4) is 0 Å². The average molecular weight is 401 g/mol. The Labute approximate surface area is 156 Å². The Morgan fingerprint density at radius 1 is 1.04 bits per heavy atom. The van der Waals surface area contributed by atoms with Gasteiger partial charge in [0.2, 0.25) is 0 Å². The number of carbonyl (C=O) groups is 2. The Morgan fingerprint density at radius 3 is 2.32 bits per heavy atom. The van der Waals surface area contributed by atoms with Crippen LogP contribution in [0, 0.1) is 0 Å². The van der Waals surface area contributed by atoms with E-state index in [1.54, 1.807) is 35.2 Å². The van der Waals surface area contributed by atoms with Gasteiger partial charge in [0.05, 0.1) is 0 Å². The fourth-order valence-corrected chi connectivity index (χ4v) is 2.80. The number of nitrogens with zero attached hydrogens (tertiary/aromatic N) is 1. The molecular formula is C20H21BrN2O2. The fraction of sp³-hybridized carbons (Fsp3) is 0.200. The highest BCUT2D eigenvalue weighted by Gasteiger charge is 2.18. The van der Waals surface area contributed by atoms with E-state index >= 15 is 0 Å². The first-order valence-electron chi connectivity index (χ1n) is 8.18. The lowest BCUT2D eigenvalue weighted by molar-refractivity contribution is -0.127. The van der Waals surface area contributed by atoms with Crippen LogP contribution in [-0.4, -0.2) is 29.8 Å². The van der Waals surface area contributed by atoms with Crippen molar-refractivity contribution < 1.29 is 9.59 Å². The molecule has 0 aromatic heterocycles. The Hall–Kier alpha value is -2.40. The van der Waals surface area contributed by atoms with Gasteiger partial charge in [-0.15, -0.1) is 0 Å². The average Bonchev–Trinajstić information content (AvgIpc) is 2.63. The molecule has 0 atom stereocenters. The molecular weight excluding hydrogens is 380 g/mol. The van der Waals surface area contributed by atoms with Crippen LogP contribution >= 0.6 is 15.9 Å². The van der Waals surface area contributed by atoms with Crippen LogP contribution in [0.5, 0.6) is 0 Å². The second kappa shape index (κ2) is 9.18. The van der Waals surface area contributed by atoms with Crippen LogP contribution in [0.2, 0.25) is 0 Å². The largest absolute Gasteiger partial charge is 0.338 e. The maximum atomic E-state index is 12.8. The molecule has 0 aliphatic carbocycles. The minimum atomic E-state index is -0.303. The van der Waals surface area contributed by atoms with Crippen molar-refractivity contribution >= 4 is 33.8 Å². The minimum absolute atomic E-state index is 0.200. The second-order valence-electron chi connectivity index (χ2n) is 5.41. The molecule has 0 aliphatic heterocycles. The molecule has 0 heterocycles. The van der Waals surface area contributed by atoms with E-state index in [1.807, 2.05) is 44.2 Å². The van der Waals surface area contributed by atoms with Crippen molar-refractivity contribution in [3.63, 3.8) is 0 Å². The molecule has 130 valence electrons. The number of amides is 2. The van der Waals surface area contributed by atoms with Crippen LogP contribution in [0.1, 0.15) is 29.8 Å². The van der Waals surface area contributed by atoms with Crippen molar-refractivity contribution in [2.24, 2.45) is 0 Å². The van der Waals surface area contributed by atoms with E-state index in [4.69, 9.17) is 0 Å². The summed E-state index contributed by atoms with van der Waals surface area (Å²) in [6, 6.07) is 16.4. The maximum absolute atomic E-state index is 12.8. The molecule has 2 rings (SSSR count). The smallest absolute Gasteiger partial charge is 0.270 e. The zero-order valence-corrected chi connectivity index (χ0v) is 15.9. The van der Waals surface area contributed by atoms with Crippen LogP contribution < -0.4 is 5.32 Å². The Morgan fingerprint density at radius 2 is 1.72 bits per heavy atom. The van der Waals surface area contributed by atoms with Gasteiger partial charge in [0.15, 0.2) is 0 Å². The molecule has 0 bridgehead atoms. The van der Waals surface area contributed by atoms with Gasteiger partial charge in [-0.1, -0.05) is 46.3 Å². The van der Waals surface area contributed by atoms with Crippen LogP contribution in [0.4, 0.5) is 0 Å². The fourth-order valence-electron chi connectivity index (χ4n) is 2.38. The molecule has 4 nitrogen and oxygen atoms in total. The number of likely N-dealkylation sites (N-methyl/N-ethyl adjacent to an activating group) is 1. The lowest BCUT2D eigenvalue weighted by Crippen LogP contribution is -2.38. The van der Waals surface area contributed by atoms with Crippen LogP contribution in [-0.2, 0) is 4.79 Å². The normalized spacial score (nSPS) is 11.1. The third-order valence-electron chi connectivity index (χ3n) is 3.72. The summed E-state index contributed by atoms with van der Waals surface area (Å²) in [7, 11) is 0. The summed E-state index contributed by atoms with van der Waals surface area (Å²) >= 11 is 3.42. The Bertz CT molecular complexity index is 768. The van der Waals surface area contributed by atoms with E-state index in [2.05, 4.69) is 21.2 Å². The molecule has 0 aliphatic rings. The number of nitrogens with one attached hydrogen (secondary N) is 1. The van der Waals surface area contributed by atoms with Crippen molar-refractivity contribution in [1.29, 1.82) is 0 Å². The summed E-state index contributed by atoms with van der Waals surface area (Å²) < 4.78 is 0.908. The van der Waals surface area contributed by atoms with E-state index in [9.17, 15) is 9.59 Å². The highest BCUT2D eigenvalue weighted by molar-refractivity contribution is 9.10. The van der Waals surface area contributed by atoms with Gasteiger partial charge in [0, 0.05) is 23.1 Å². The predicted molar refractivity (Wildman–Crippen MR) is 104 cm³/mol. The lowest BCUT2D eigenvalue weighted by atomic mass is 10.1. The molecule has 2 amide bonds. The van der Waals surface area contributed by atoms with Gasteiger partial charge in [-0.25, -0.2) is 0 Å². The van der Waals surface area contributed by atoms with E-state index in [-0.39, 0.29) is 17.5 Å². The number of benzene rings is 2. The van der Waals surface area contributed by atoms with Crippen LogP contribution in [0.25, 0.3) is 6.08 Å². The molecule has 0 fully saturated rings. The maximum Gasteiger partial charge on any atom is 0.270 e. The molecule has 0 saturated carbocycles. The summed E-state index contributed by atoms with van der Waals surface area (Å²) in [6.07, 6.45) is 1.70. The number of carbonyl (C=O) groups excluding carboxylic acids is 2. The van der Waals surface area contributed by atoms with Crippen LogP contribution in [0.15, 0.2) is 64.8 Å².